The average molecular weight is 422 g/mol. The van der Waals surface area contributed by atoms with Crippen LogP contribution in [0.4, 0.5) is 0 Å². The second-order valence-electron chi connectivity index (χ2n) is 5.06. The molecular weight excluding hydrogens is 401 g/mol. The molecule has 0 aromatic heterocycles. The first-order chi connectivity index (χ1) is 9.63. The number of esters is 1. The molecule has 3 nitrogen and oxygen atoms in total. The van der Waals surface area contributed by atoms with E-state index in [0.717, 1.165) is 18.7 Å². The van der Waals surface area contributed by atoms with Crippen molar-refractivity contribution in [2.75, 3.05) is 19.7 Å². The van der Waals surface area contributed by atoms with Crippen LogP contribution in [-0.4, -0.2) is 36.0 Å². The molecule has 0 aromatic carbocycles. The second kappa shape index (κ2) is 8.73. The molecule has 0 bridgehead atoms. The maximum atomic E-state index is 11.8. The van der Waals surface area contributed by atoms with Crippen molar-refractivity contribution < 1.29 is 26.5 Å². The number of carbonyl (C=O) groups is 1. The highest BCUT2D eigenvalue weighted by molar-refractivity contribution is 14.1. The Labute approximate surface area is 146 Å². The van der Waals surface area contributed by atoms with Crippen LogP contribution in [-0.2, 0) is 9.53 Å². The van der Waals surface area contributed by atoms with Crippen molar-refractivity contribution in [2.45, 2.75) is 33.1 Å². The molecule has 0 radical (unpaired) electrons. The van der Waals surface area contributed by atoms with E-state index in [1.807, 2.05) is 19.9 Å². The Bertz CT molecular complexity index is 524. The van der Waals surface area contributed by atoms with Gasteiger partial charge in [-0.1, -0.05) is 0 Å². The molecule has 1 aliphatic heterocycles. The van der Waals surface area contributed by atoms with Gasteiger partial charge in [0.1, 0.15) is 13.1 Å². The number of piperidine rings is 1. The molecule has 5 heteroatoms. The molecule has 0 saturated carbocycles. The fourth-order valence-corrected chi connectivity index (χ4v) is 3.35. The largest absolute Gasteiger partial charge is 1.00 e. The highest BCUT2D eigenvalue weighted by atomic mass is 127. The van der Waals surface area contributed by atoms with E-state index in [2.05, 4.69) is 39.3 Å². The smallest absolute Gasteiger partial charge is 0.334 e. The summed E-state index contributed by atoms with van der Waals surface area (Å²) in [6, 6.07) is 0. The number of rotatable bonds is 2. The van der Waals surface area contributed by atoms with Crippen molar-refractivity contribution in [1.82, 2.24) is 0 Å². The van der Waals surface area contributed by atoms with E-state index < -0.39 is 0 Å². The molecule has 2 rings (SSSR count). The zero-order valence-corrected chi connectivity index (χ0v) is 15.4. The first-order valence-corrected chi connectivity index (χ1v) is 8.27. The number of carbonyl (C=O) groups excluding carboxylic acids is 1. The molecule has 0 spiro atoms. The van der Waals surface area contributed by atoms with Gasteiger partial charge >= 0.3 is 5.97 Å². The lowest BCUT2D eigenvalue weighted by molar-refractivity contribution is -0.536. The summed E-state index contributed by atoms with van der Waals surface area (Å²) in [7, 11) is 0. The summed E-state index contributed by atoms with van der Waals surface area (Å²) in [4.78, 5) is 11.8. The van der Waals surface area contributed by atoms with Crippen LogP contribution in [0.2, 0.25) is 0 Å². The van der Waals surface area contributed by atoms with Crippen LogP contribution in [0.25, 0.3) is 0 Å². The molecule has 21 heavy (non-hydrogen) atoms. The topological polar surface area (TPSA) is 29.3 Å². The van der Waals surface area contributed by atoms with Crippen LogP contribution in [0.5, 0.6) is 0 Å². The van der Waals surface area contributed by atoms with Gasteiger partial charge in [0, 0.05) is 24.5 Å². The summed E-state index contributed by atoms with van der Waals surface area (Å²) in [5.41, 5.74) is 2.91. The Hall–Kier alpha value is -0.620. The van der Waals surface area contributed by atoms with Crippen molar-refractivity contribution in [3.63, 3.8) is 0 Å². The third kappa shape index (κ3) is 4.68. The predicted molar refractivity (Wildman–Crippen MR) is 89.4 cm³/mol. The Morgan fingerprint density at radius 1 is 1.29 bits per heavy atom. The van der Waals surface area contributed by atoms with E-state index in [0.29, 0.717) is 12.2 Å². The van der Waals surface area contributed by atoms with Crippen molar-refractivity contribution in [1.29, 1.82) is 0 Å². The van der Waals surface area contributed by atoms with E-state index in [-0.39, 0.29) is 18.4 Å². The lowest BCUT2D eigenvalue weighted by Crippen LogP contribution is -3.00. The van der Waals surface area contributed by atoms with Gasteiger partial charge in [-0.15, -0.1) is 0 Å². The number of hydrogen-bond donors (Lipinski definition) is 0. The maximum Gasteiger partial charge on any atom is 0.334 e. The summed E-state index contributed by atoms with van der Waals surface area (Å²) in [5, 5.41) is 0. The molecule has 1 fully saturated rings. The Morgan fingerprint density at radius 2 is 1.95 bits per heavy atom. The molecule has 2 aliphatic rings. The molecule has 1 saturated heterocycles. The molecule has 1 aliphatic carbocycles. The second-order valence-corrected chi connectivity index (χ2v) is 6.22. The standard InChI is InChI=1S/C16H21INO2.ClH/c1-3-20-16(19)12(2)13-7-8-15(14(17)11-13)18-9-5-4-6-10-18;/h7-8,11H,3-6,9-10H2,1-2H3;1H/q+1;/p-1. The normalized spacial score (nSPS) is 20.6. The van der Waals surface area contributed by atoms with Gasteiger partial charge in [-0.05, 0) is 60.6 Å². The third-order valence-electron chi connectivity index (χ3n) is 3.66. The van der Waals surface area contributed by atoms with Crippen LogP contribution in [0.3, 0.4) is 0 Å². The van der Waals surface area contributed by atoms with Crippen LogP contribution in [0.15, 0.2) is 33.0 Å². The number of ether oxygens (including phenoxy) is 1. The van der Waals surface area contributed by atoms with E-state index in [9.17, 15) is 4.79 Å². The molecule has 0 N–H and O–H groups in total. The minimum Gasteiger partial charge on any atom is -1.00 e. The average Bonchev–Trinajstić information content (AvgIpc) is 2.47. The fourth-order valence-electron chi connectivity index (χ4n) is 2.49. The predicted octanol–water partition coefficient (Wildman–Crippen LogP) is 0.396. The van der Waals surface area contributed by atoms with Crippen LogP contribution < -0.4 is 12.4 Å². The minimum absolute atomic E-state index is 0. The van der Waals surface area contributed by atoms with E-state index in [1.165, 1.54) is 28.6 Å². The minimum atomic E-state index is -0.228. The highest BCUT2D eigenvalue weighted by Gasteiger charge is 2.22. The molecule has 1 heterocycles. The van der Waals surface area contributed by atoms with Crippen molar-refractivity contribution >= 4 is 34.3 Å². The van der Waals surface area contributed by atoms with Gasteiger partial charge in [-0.2, -0.15) is 0 Å². The first-order valence-electron chi connectivity index (χ1n) is 7.19. The van der Waals surface area contributed by atoms with E-state index in [4.69, 9.17) is 4.74 Å². The van der Waals surface area contributed by atoms with Gasteiger partial charge < -0.3 is 17.1 Å². The zero-order chi connectivity index (χ0) is 14.5. The maximum absolute atomic E-state index is 11.8. The summed E-state index contributed by atoms with van der Waals surface area (Å²) >= 11 is 2.36. The van der Waals surface area contributed by atoms with Crippen molar-refractivity contribution in [3.8, 4) is 0 Å². The van der Waals surface area contributed by atoms with E-state index in [1.54, 1.807) is 0 Å². The lowest BCUT2D eigenvalue weighted by Gasteiger charge is -2.15. The van der Waals surface area contributed by atoms with Crippen molar-refractivity contribution in [2.24, 2.45) is 0 Å². The lowest BCUT2D eigenvalue weighted by atomic mass is 10.0. The van der Waals surface area contributed by atoms with Gasteiger partial charge in [-0.25, -0.2) is 9.37 Å². The highest BCUT2D eigenvalue weighted by Crippen LogP contribution is 2.23. The number of halogens is 2. The number of allylic oxidation sites excluding steroid dienone is 5. The zero-order valence-electron chi connectivity index (χ0n) is 12.5. The molecule has 0 unspecified atom stereocenters. The Kier molecular flexibility index (Phi) is 7.66. The van der Waals surface area contributed by atoms with E-state index >= 15 is 0 Å². The summed E-state index contributed by atoms with van der Waals surface area (Å²) in [5.74, 6) is -0.228. The van der Waals surface area contributed by atoms with Crippen LogP contribution in [0.1, 0.15) is 33.1 Å². The molecule has 116 valence electrons. The Morgan fingerprint density at radius 3 is 2.52 bits per heavy atom. The third-order valence-corrected chi connectivity index (χ3v) is 4.52. The van der Waals surface area contributed by atoms with Gasteiger partial charge in [0.25, 0.3) is 0 Å². The summed E-state index contributed by atoms with van der Waals surface area (Å²) in [6.45, 7) is 6.34. The first kappa shape index (κ1) is 18.4. The molecular formula is C16H21ClINO2. The SMILES string of the molecule is CCOC(=O)C(C)=C1C=CC(=[N+]2CCCCC2)C(I)=C1.[Cl-]. The van der Waals surface area contributed by atoms with Gasteiger partial charge in [-0.3, -0.25) is 0 Å². The van der Waals surface area contributed by atoms with Crippen LogP contribution >= 0.6 is 22.6 Å². The Balaban J connectivity index is 0.00000220. The monoisotopic (exact) mass is 421 g/mol. The molecule has 0 amide bonds. The quantitative estimate of drug-likeness (QED) is 0.280. The number of nitrogens with zero attached hydrogens (tertiary/aromatic N) is 1. The molecule has 0 aromatic rings. The summed E-state index contributed by atoms with van der Waals surface area (Å²) < 4.78 is 8.69. The van der Waals surface area contributed by atoms with Gasteiger partial charge in [0.2, 0.25) is 5.71 Å². The van der Waals surface area contributed by atoms with Gasteiger partial charge in [0.15, 0.2) is 0 Å². The summed E-state index contributed by atoms with van der Waals surface area (Å²) in [6.07, 6.45) is 10.1. The van der Waals surface area contributed by atoms with Crippen LogP contribution in [0, 0.1) is 0 Å². The van der Waals surface area contributed by atoms with Gasteiger partial charge in [0.05, 0.1) is 10.2 Å². The fraction of sp³-hybridized carbons (Fsp3) is 0.500. The van der Waals surface area contributed by atoms with Crippen molar-refractivity contribution in [3.05, 3.63) is 33.0 Å². The number of hydrogen-bond acceptors (Lipinski definition) is 2. The molecule has 0 atom stereocenters.